The molecule has 0 radical (unpaired) electrons. The van der Waals surface area contributed by atoms with Crippen molar-refractivity contribution in [2.45, 2.75) is 32.3 Å². The van der Waals surface area contributed by atoms with Crippen LogP contribution in [0.25, 0.3) is 0 Å². The highest BCUT2D eigenvalue weighted by molar-refractivity contribution is 5.54. The highest BCUT2D eigenvalue weighted by Crippen LogP contribution is 2.31. The molecule has 1 saturated carbocycles. The summed E-state index contributed by atoms with van der Waals surface area (Å²) in [7, 11) is 0. The fourth-order valence-corrected chi connectivity index (χ4v) is 2.42. The van der Waals surface area contributed by atoms with Gasteiger partial charge in [-0.3, -0.25) is 0 Å². The third-order valence-electron chi connectivity index (χ3n) is 3.80. The Morgan fingerprint density at radius 1 is 1.45 bits per heavy atom. The molecule has 2 N–H and O–H groups in total. The molecule has 1 aromatic rings. The summed E-state index contributed by atoms with van der Waals surface area (Å²) < 4.78 is 11.4. The maximum atomic E-state index is 5.95. The average molecular weight is 277 g/mol. The molecule has 1 saturated heterocycles. The second-order valence-corrected chi connectivity index (χ2v) is 5.80. The molecule has 5 nitrogen and oxygen atoms in total. The maximum Gasteiger partial charge on any atom is 0.239 e. The third-order valence-corrected chi connectivity index (χ3v) is 3.80. The summed E-state index contributed by atoms with van der Waals surface area (Å²) in [6, 6.07) is 3.86. The van der Waals surface area contributed by atoms with Crippen molar-refractivity contribution >= 4 is 11.5 Å². The Labute approximate surface area is 120 Å². The van der Waals surface area contributed by atoms with Gasteiger partial charge in [0.15, 0.2) is 0 Å². The van der Waals surface area contributed by atoms with Gasteiger partial charge in [0.25, 0.3) is 0 Å². The van der Waals surface area contributed by atoms with Gasteiger partial charge in [-0.25, -0.2) is 0 Å². The average Bonchev–Trinajstić information content (AvgIpc) is 3.25. The lowest BCUT2D eigenvalue weighted by Crippen LogP contribution is -2.30. The molecule has 1 aromatic heterocycles. The number of rotatable bonds is 4. The molecule has 0 aromatic carbocycles. The van der Waals surface area contributed by atoms with Crippen molar-refractivity contribution in [1.82, 2.24) is 4.98 Å². The third kappa shape index (κ3) is 3.33. The fraction of sp³-hybridized carbons (Fsp3) is 0.667. The molecule has 1 unspecified atom stereocenters. The van der Waals surface area contributed by atoms with Gasteiger partial charge in [-0.2, -0.15) is 4.98 Å². The fourth-order valence-electron chi connectivity index (χ4n) is 2.42. The Balaban J connectivity index is 1.72. The lowest BCUT2D eigenvalue weighted by atomic mass is 10.3. The molecule has 5 heteroatoms. The molecular formula is C15H23N3O2. The first-order chi connectivity index (χ1) is 9.72. The zero-order valence-corrected chi connectivity index (χ0v) is 12.0. The van der Waals surface area contributed by atoms with E-state index in [2.05, 4.69) is 16.8 Å². The maximum absolute atomic E-state index is 5.95. The molecule has 1 aliphatic heterocycles. The summed E-state index contributed by atoms with van der Waals surface area (Å²) in [5, 5.41) is 0. The highest BCUT2D eigenvalue weighted by Gasteiger charge is 2.23. The van der Waals surface area contributed by atoms with E-state index in [1.165, 1.54) is 12.8 Å². The van der Waals surface area contributed by atoms with Gasteiger partial charge in [-0.05, 0) is 44.2 Å². The second-order valence-electron chi connectivity index (χ2n) is 5.80. The Morgan fingerprint density at radius 3 is 3.10 bits per heavy atom. The largest absolute Gasteiger partial charge is 0.476 e. The van der Waals surface area contributed by atoms with Crippen molar-refractivity contribution in [2.24, 2.45) is 5.92 Å². The topological polar surface area (TPSA) is 60.6 Å². The van der Waals surface area contributed by atoms with Crippen molar-refractivity contribution < 1.29 is 9.47 Å². The molecule has 0 spiro atoms. The minimum Gasteiger partial charge on any atom is -0.476 e. The number of ether oxygens (including phenoxy) is 2. The van der Waals surface area contributed by atoms with Crippen LogP contribution in [0.2, 0.25) is 0 Å². The van der Waals surface area contributed by atoms with E-state index >= 15 is 0 Å². The van der Waals surface area contributed by atoms with E-state index in [-0.39, 0.29) is 6.10 Å². The smallest absolute Gasteiger partial charge is 0.239 e. The summed E-state index contributed by atoms with van der Waals surface area (Å²) in [6.07, 6.45) is 3.78. The SMILES string of the molecule is CC1CN(c2ccc(N)c(OCC3CC3)n2)CCCO1. The van der Waals surface area contributed by atoms with Gasteiger partial charge in [-0.15, -0.1) is 0 Å². The van der Waals surface area contributed by atoms with Crippen molar-refractivity contribution in [3.63, 3.8) is 0 Å². The van der Waals surface area contributed by atoms with Crippen molar-refractivity contribution in [3.8, 4) is 5.88 Å². The first-order valence-electron chi connectivity index (χ1n) is 7.48. The molecule has 2 heterocycles. The summed E-state index contributed by atoms with van der Waals surface area (Å²) in [5.74, 6) is 2.21. The molecule has 2 aliphatic rings. The standard InChI is InChI=1S/C15H23N3O2/c1-11-9-18(7-2-8-19-11)14-6-5-13(16)15(17-14)20-10-12-3-4-12/h5-6,11-12H,2-4,7-10,16H2,1H3. The van der Waals surface area contributed by atoms with Crippen molar-refractivity contribution in [1.29, 1.82) is 0 Å². The van der Waals surface area contributed by atoms with Crippen LogP contribution in [0.4, 0.5) is 11.5 Å². The van der Waals surface area contributed by atoms with Gasteiger partial charge < -0.3 is 20.1 Å². The van der Waals surface area contributed by atoms with E-state index in [4.69, 9.17) is 15.2 Å². The minimum absolute atomic E-state index is 0.229. The summed E-state index contributed by atoms with van der Waals surface area (Å²) in [5.41, 5.74) is 6.57. The summed E-state index contributed by atoms with van der Waals surface area (Å²) >= 11 is 0. The molecule has 1 aliphatic carbocycles. The second kappa shape index (κ2) is 5.87. The molecule has 3 rings (SSSR count). The number of aromatic nitrogens is 1. The summed E-state index contributed by atoms with van der Waals surface area (Å²) in [4.78, 5) is 6.85. The Kier molecular flexibility index (Phi) is 3.96. The van der Waals surface area contributed by atoms with Gasteiger partial charge in [0.1, 0.15) is 5.82 Å². The van der Waals surface area contributed by atoms with E-state index in [1.807, 2.05) is 12.1 Å². The van der Waals surface area contributed by atoms with E-state index in [1.54, 1.807) is 0 Å². The number of hydrogen-bond acceptors (Lipinski definition) is 5. The number of anilines is 2. The van der Waals surface area contributed by atoms with Crippen LogP contribution >= 0.6 is 0 Å². The first kappa shape index (κ1) is 13.5. The Morgan fingerprint density at radius 2 is 2.30 bits per heavy atom. The number of nitrogens with two attached hydrogens (primary N) is 1. The van der Waals surface area contributed by atoms with Crippen molar-refractivity contribution in [2.75, 3.05) is 36.9 Å². The molecule has 20 heavy (non-hydrogen) atoms. The minimum atomic E-state index is 0.229. The Hall–Kier alpha value is -1.49. The summed E-state index contributed by atoms with van der Waals surface area (Å²) in [6.45, 7) is 5.47. The van der Waals surface area contributed by atoms with Gasteiger partial charge in [-0.1, -0.05) is 0 Å². The van der Waals surface area contributed by atoms with E-state index < -0.39 is 0 Å². The normalized spacial score (nSPS) is 23.4. The van der Waals surface area contributed by atoms with Crippen molar-refractivity contribution in [3.05, 3.63) is 12.1 Å². The quantitative estimate of drug-likeness (QED) is 0.913. The van der Waals surface area contributed by atoms with Crippen LogP contribution < -0.4 is 15.4 Å². The van der Waals surface area contributed by atoms with Gasteiger partial charge >= 0.3 is 0 Å². The van der Waals surface area contributed by atoms with Crippen LogP contribution in [0.15, 0.2) is 12.1 Å². The zero-order chi connectivity index (χ0) is 13.9. The van der Waals surface area contributed by atoms with Gasteiger partial charge in [0.05, 0.1) is 18.4 Å². The van der Waals surface area contributed by atoms with E-state index in [0.29, 0.717) is 17.5 Å². The van der Waals surface area contributed by atoms with Crippen LogP contribution in [0, 0.1) is 5.92 Å². The molecule has 0 bridgehead atoms. The number of pyridine rings is 1. The lowest BCUT2D eigenvalue weighted by Gasteiger charge is -2.23. The predicted molar refractivity (Wildman–Crippen MR) is 79.1 cm³/mol. The van der Waals surface area contributed by atoms with Crippen LogP contribution in [-0.2, 0) is 4.74 Å². The highest BCUT2D eigenvalue weighted by atomic mass is 16.5. The number of hydrogen-bond donors (Lipinski definition) is 1. The van der Waals surface area contributed by atoms with Gasteiger partial charge in [0.2, 0.25) is 5.88 Å². The zero-order valence-electron chi connectivity index (χ0n) is 12.0. The van der Waals surface area contributed by atoms with Crippen LogP contribution in [-0.4, -0.2) is 37.4 Å². The molecular weight excluding hydrogens is 254 g/mol. The van der Waals surface area contributed by atoms with Crippen LogP contribution in [0.5, 0.6) is 5.88 Å². The molecule has 110 valence electrons. The molecule has 0 amide bonds. The van der Waals surface area contributed by atoms with E-state index in [0.717, 1.165) is 38.5 Å². The lowest BCUT2D eigenvalue weighted by molar-refractivity contribution is 0.0820. The predicted octanol–water partition coefficient (Wildman–Crippen LogP) is 2.07. The molecule has 2 fully saturated rings. The number of nitrogens with zero attached hydrogens (tertiary/aromatic N) is 2. The number of nitrogen functional groups attached to an aromatic ring is 1. The van der Waals surface area contributed by atoms with Crippen LogP contribution in [0.1, 0.15) is 26.2 Å². The van der Waals surface area contributed by atoms with Crippen LogP contribution in [0.3, 0.4) is 0 Å². The Bertz CT molecular complexity index is 462. The van der Waals surface area contributed by atoms with Gasteiger partial charge in [0, 0.05) is 19.7 Å². The van der Waals surface area contributed by atoms with E-state index in [9.17, 15) is 0 Å². The molecule has 1 atom stereocenters. The monoisotopic (exact) mass is 277 g/mol. The first-order valence-corrected chi connectivity index (χ1v) is 7.48.